The lowest BCUT2D eigenvalue weighted by Gasteiger charge is -2.13. The van der Waals surface area contributed by atoms with Crippen LogP contribution in [0.3, 0.4) is 0 Å². The normalized spacial score (nSPS) is 10.7. The van der Waals surface area contributed by atoms with Crippen molar-refractivity contribution in [2.75, 3.05) is 5.32 Å². The molecule has 134 valence electrons. The fourth-order valence-electron chi connectivity index (χ4n) is 2.73. The number of amides is 1. The van der Waals surface area contributed by atoms with Gasteiger partial charge in [0.15, 0.2) is 0 Å². The molecule has 0 saturated carbocycles. The Bertz CT molecular complexity index is 858. The molecule has 1 amide bonds. The summed E-state index contributed by atoms with van der Waals surface area (Å²) in [5.74, 6) is -0.0898. The van der Waals surface area contributed by atoms with E-state index in [1.54, 1.807) is 11.0 Å². The minimum Gasteiger partial charge on any atom is -0.383 e. The fourth-order valence-corrected chi connectivity index (χ4v) is 2.73. The highest BCUT2D eigenvalue weighted by molar-refractivity contribution is 5.95. The number of benzene rings is 2. The van der Waals surface area contributed by atoms with E-state index in [0.29, 0.717) is 24.7 Å². The predicted octanol–water partition coefficient (Wildman–Crippen LogP) is 3.08. The van der Waals surface area contributed by atoms with Gasteiger partial charge in [-0.25, -0.2) is 9.67 Å². The van der Waals surface area contributed by atoms with Crippen LogP contribution >= 0.6 is 0 Å². The lowest BCUT2D eigenvalue weighted by atomic mass is 10.1. The number of hydrogen-bond acceptors (Lipinski definition) is 4. The standard InChI is InChI=1S/C20H23N5O/c1-15(2)24-19-9-5-8-16(10-19)20(26)22-11-17-6-3-4-7-18(17)12-25-14-21-13-23-25/h3-10,13-15,24H,11-12H2,1-2H3,(H,22,26). The van der Waals surface area contributed by atoms with Gasteiger partial charge in [0.2, 0.25) is 0 Å². The van der Waals surface area contributed by atoms with E-state index in [4.69, 9.17) is 0 Å². The van der Waals surface area contributed by atoms with Gasteiger partial charge in [0, 0.05) is 23.8 Å². The average molecular weight is 349 g/mol. The van der Waals surface area contributed by atoms with Crippen molar-refractivity contribution >= 4 is 11.6 Å². The van der Waals surface area contributed by atoms with Crippen LogP contribution in [0.2, 0.25) is 0 Å². The molecule has 2 aromatic carbocycles. The topological polar surface area (TPSA) is 71.8 Å². The minimum absolute atomic E-state index is 0.0898. The van der Waals surface area contributed by atoms with Crippen molar-refractivity contribution in [3.05, 3.63) is 77.9 Å². The maximum Gasteiger partial charge on any atom is 0.251 e. The average Bonchev–Trinajstić information content (AvgIpc) is 3.13. The van der Waals surface area contributed by atoms with Crippen molar-refractivity contribution in [1.29, 1.82) is 0 Å². The molecule has 0 radical (unpaired) electrons. The molecule has 1 heterocycles. The third kappa shape index (κ3) is 4.69. The Morgan fingerprint density at radius 3 is 2.65 bits per heavy atom. The second kappa shape index (κ2) is 8.29. The third-order valence-electron chi connectivity index (χ3n) is 3.94. The van der Waals surface area contributed by atoms with Crippen LogP contribution in [0.25, 0.3) is 0 Å². The first-order chi connectivity index (χ1) is 12.6. The van der Waals surface area contributed by atoms with Crippen molar-refractivity contribution in [2.24, 2.45) is 0 Å². The van der Waals surface area contributed by atoms with E-state index < -0.39 is 0 Å². The largest absolute Gasteiger partial charge is 0.383 e. The molecule has 0 saturated heterocycles. The maximum absolute atomic E-state index is 12.5. The number of hydrogen-bond donors (Lipinski definition) is 2. The number of nitrogens with zero attached hydrogens (tertiary/aromatic N) is 3. The van der Waals surface area contributed by atoms with Gasteiger partial charge in [-0.1, -0.05) is 30.3 Å². The van der Waals surface area contributed by atoms with Gasteiger partial charge in [0.1, 0.15) is 12.7 Å². The molecule has 0 aliphatic carbocycles. The van der Waals surface area contributed by atoms with Gasteiger partial charge in [0.25, 0.3) is 5.91 Å². The highest BCUT2D eigenvalue weighted by Gasteiger charge is 2.09. The SMILES string of the molecule is CC(C)Nc1cccc(C(=O)NCc2ccccc2Cn2cncn2)c1. The maximum atomic E-state index is 12.5. The van der Waals surface area contributed by atoms with E-state index in [2.05, 4.69) is 34.6 Å². The molecule has 26 heavy (non-hydrogen) atoms. The van der Waals surface area contributed by atoms with Crippen molar-refractivity contribution < 1.29 is 4.79 Å². The van der Waals surface area contributed by atoms with Gasteiger partial charge in [-0.2, -0.15) is 5.10 Å². The van der Waals surface area contributed by atoms with Gasteiger partial charge >= 0.3 is 0 Å². The van der Waals surface area contributed by atoms with E-state index in [1.807, 2.05) is 48.5 Å². The molecular formula is C20H23N5O. The number of carbonyl (C=O) groups excluding carboxylic acids is 1. The summed E-state index contributed by atoms with van der Waals surface area (Å²) < 4.78 is 1.77. The monoisotopic (exact) mass is 349 g/mol. The van der Waals surface area contributed by atoms with E-state index in [-0.39, 0.29) is 5.91 Å². The van der Waals surface area contributed by atoms with Crippen LogP contribution in [0.4, 0.5) is 5.69 Å². The van der Waals surface area contributed by atoms with Gasteiger partial charge in [-0.15, -0.1) is 0 Å². The van der Waals surface area contributed by atoms with Gasteiger partial charge in [-0.3, -0.25) is 4.79 Å². The number of carbonyl (C=O) groups is 1. The molecule has 0 atom stereocenters. The predicted molar refractivity (Wildman–Crippen MR) is 102 cm³/mol. The van der Waals surface area contributed by atoms with E-state index in [0.717, 1.165) is 16.8 Å². The molecule has 6 heteroatoms. The fraction of sp³-hybridized carbons (Fsp3) is 0.250. The first-order valence-corrected chi connectivity index (χ1v) is 8.66. The van der Waals surface area contributed by atoms with Crippen molar-refractivity contribution in [3.8, 4) is 0 Å². The molecule has 0 unspecified atom stereocenters. The van der Waals surface area contributed by atoms with Gasteiger partial charge in [-0.05, 0) is 43.2 Å². The quantitative estimate of drug-likeness (QED) is 0.688. The number of aromatic nitrogens is 3. The van der Waals surface area contributed by atoms with Crippen LogP contribution in [0, 0.1) is 0 Å². The van der Waals surface area contributed by atoms with Crippen LogP contribution < -0.4 is 10.6 Å². The Morgan fingerprint density at radius 1 is 1.12 bits per heavy atom. The summed E-state index contributed by atoms with van der Waals surface area (Å²) in [5.41, 5.74) is 3.75. The second-order valence-corrected chi connectivity index (χ2v) is 6.42. The molecule has 1 aromatic heterocycles. The first-order valence-electron chi connectivity index (χ1n) is 8.66. The lowest BCUT2D eigenvalue weighted by molar-refractivity contribution is 0.0951. The summed E-state index contributed by atoms with van der Waals surface area (Å²) >= 11 is 0. The van der Waals surface area contributed by atoms with Crippen LogP contribution in [-0.2, 0) is 13.1 Å². The molecule has 3 aromatic rings. The molecule has 3 rings (SSSR count). The first kappa shape index (κ1) is 17.7. The zero-order valence-corrected chi connectivity index (χ0v) is 15.0. The lowest BCUT2D eigenvalue weighted by Crippen LogP contribution is -2.24. The zero-order valence-electron chi connectivity index (χ0n) is 15.0. The molecule has 0 aliphatic heterocycles. The Morgan fingerprint density at radius 2 is 1.92 bits per heavy atom. The highest BCUT2D eigenvalue weighted by Crippen LogP contribution is 2.13. The summed E-state index contributed by atoms with van der Waals surface area (Å²) in [7, 11) is 0. The van der Waals surface area contributed by atoms with Crippen molar-refractivity contribution in [3.63, 3.8) is 0 Å². The Hall–Kier alpha value is -3.15. The van der Waals surface area contributed by atoms with Crippen molar-refractivity contribution in [1.82, 2.24) is 20.1 Å². The molecule has 0 aliphatic rings. The molecule has 0 fully saturated rings. The summed E-state index contributed by atoms with van der Waals surface area (Å²) in [5, 5.41) is 10.5. The second-order valence-electron chi connectivity index (χ2n) is 6.42. The Labute approximate surface area is 153 Å². The molecule has 2 N–H and O–H groups in total. The third-order valence-corrected chi connectivity index (χ3v) is 3.94. The molecule has 0 bridgehead atoms. The number of nitrogens with one attached hydrogen (secondary N) is 2. The van der Waals surface area contributed by atoms with Crippen LogP contribution in [0.5, 0.6) is 0 Å². The van der Waals surface area contributed by atoms with Crippen LogP contribution in [0.15, 0.2) is 61.2 Å². The molecule has 0 spiro atoms. The zero-order chi connectivity index (χ0) is 18.4. The smallest absolute Gasteiger partial charge is 0.251 e. The number of anilines is 1. The number of rotatable bonds is 7. The summed E-state index contributed by atoms with van der Waals surface area (Å²) in [6.07, 6.45) is 3.20. The minimum atomic E-state index is -0.0898. The molecule has 6 nitrogen and oxygen atoms in total. The van der Waals surface area contributed by atoms with Crippen molar-refractivity contribution in [2.45, 2.75) is 33.0 Å². The van der Waals surface area contributed by atoms with E-state index >= 15 is 0 Å². The summed E-state index contributed by atoms with van der Waals surface area (Å²) in [4.78, 5) is 16.5. The van der Waals surface area contributed by atoms with E-state index in [9.17, 15) is 4.79 Å². The highest BCUT2D eigenvalue weighted by atomic mass is 16.1. The Kier molecular flexibility index (Phi) is 5.63. The summed E-state index contributed by atoms with van der Waals surface area (Å²) in [6, 6.07) is 15.9. The van der Waals surface area contributed by atoms with Gasteiger partial charge < -0.3 is 10.6 Å². The molecular weight excluding hydrogens is 326 g/mol. The van der Waals surface area contributed by atoms with Crippen LogP contribution in [-0.4, -0.2) is 26.7 Å². The Balaban J connectivity index is 1.66. The van der Waals surface area contributed by atoms with Crippen LogP contribution in [0.1, 0.15) is 35.3 Å². The van der Waals surface area contributed by atoms with E-state index in [1.165, 1.54) is 6.33 Å². The van der Waals surface area contributed by atoms with Gasteiger partial charge in [0.05, 0.1) is 6.54 Å². The summed E-state index contributed by atoms with van der Waals surface area (Å²) in [6.45, 7) is 5.23.